The Morgan fingerprint density at radius 2 is 1.87 bits per heavy atom. The lowest BCUT2D eigenvalue weighted by Gasteiger charge is -2.08. The standard InChI is InChI=1S/C17H18N2O4/c1-23-16(21)12-19-11-5-8-14(17(19)22)18-15(20)10-9-13-6-3-2-4-7-13/h2-8,11H,9-10,12H2,1H3,(H,18,20). The Kier molecular flexibility index (Phi) is 5.68. The van der Waals surface area contributed by atoms with Crippen LogP contribution in [0, 0.1) is 0 Å². The minimum absolute atomic E-state index is 0.148. The number of esters is 1. The van der Waals surface area contributed by atoms with Gasteiger partial charge in [0.25, 0.3) is 5.56 Å². The van der Waals surface area contributed by atoms with Crippen molar-refractivity contribution < 1.29 is 14.3 Å². The molecule has 0 saturated carbocycles. The molecule has 2 aromatic rings. The van der Waals surface area contributed by atoms with Gasteiger partial charge >= 0.3 is 5.97 Å². The van der Waals surface area contributed by atoms with Gasteiger partial charge in [0.1, 0.15) is 12.2 Å². The van der Waals surface area contributed by atoms with Gasteiger partial charge in [0.2, 0.25) is 5.91 Å². The van der Waals surface area contributed by atoms with Crippen LogP contribution >= 0.6 is 0 Å². The number of aromatic nitrogens is 1. The van der Waals surface area contributed by atoms with Crippen molar-refractivity contribution in [2.45, 2.75) is 19.4 Å². The number of hydrogen-bond donors (Lipinski definition) is 1. The number of pyridine rings is 1. The smallest absolute Gasteiger partial charge is 0.325 e. The van der Waals surface area contributed by atoms with Crippen LogP contribution in [0.1, 0.15) is 12.0 Å². The third-order valence-corrected chi connectivity index (χ3v) is 3.30. The summed E-state index contributed by atoms with van der Waals surface area (Å²) >= 11 is 0. The number of nitrogens with zero attached hydrogens (tertiary/aromatic N) is 1. The van der Waals surface area contributed by atoms with E-state index in [0.29, 0.717) is 6.42 Å². The summed E-state index contributed by atoms with van der Waals surface area (Å²) in [5.41, 5.74) is 0.763. The molecule has 0 aliphatic heterocycles. The zero-order chi connectivity index (χ0) is 16.7. The van der Waals surface area contributed by atoms with Gasteiger partial charge in [-0.2, -0.15) is 0 Å². The first kappa shape index (κ1) is 16.5. The van der Waals surface area contributed by atoms with Crippen molar-refractivity contribution in [3.8, 4) is 0 Å². The lowest BCUT2D eigenvalue weighted by Crippen LogP contribution is -2.28. The van der Waals surface area contributed by atoms with Gasteiger partial charge in [0, 0.05) is 12.6 Å². The molecule has 0 unspecified atom stereocenters. The molecule has 0 saturated heterocycles. The number of rotatable bonds is 6. The van der Waals surface area contributed by atoms with Gasteiger partial charge in [-0.25, -0.2) is 0 Å². The lowest BCUT2D eigenvalue weighted by atomic mass is 10.1. The lowest BCUT2D eigenvalue weighted by molar-refractivity contribution is -0.141. The van der Waals surface area contributed by atoms with E-state index in [2.05, 4.69) is 10.1 Å². The first-order valence-corrected chi connectivity index (χ1v) is 7.20. The predicted octanol–water partition coefficient (Wildman–Crippen LogP) is 1.59. The zero-order valence-electron chi connectivity index (χ0n) is 12.8. The summed E-state index contributed by atoms with van der Waals surface area (Å²) in [5.74, 6) is -0.776. The Hall–Kier alpha value is -2.89. The van der Waals surface area contributed by atoms with Crippen molar-refractivity contribution in [2.75, 3.05) is 12.4 Å². The molecule has 0 fully saturated rings. The average Bonchev–Trinajstić information content (AvgIpc) is 2.57. The summed E-state index contributed by atoms with van der Waals surface area (Å²) in [6.45, 7) is -0.191. The summed E-state index contributed by atoms with van der Waals surface area (Å²) in [4.78, 5) is 35.4. The molecule has 1 amide bonds. The second-order valence-electron chi connectivity index (χ2n) is 4.96. The third kappa shape index (κ3) is 4.81. The topological polar surface area (TPSA) is 77.4 Å². The first-order chi connectivity index (χ1) is 11.1. The number of aryl methyl sites for hydroxylation is 1. The zero-order valence-corrected chi connectivity index (χ0v) is 12.8. The number of benzene rings is 1. The summed E-state index contributed by atoms with van der Waals surface area (Å²) in [7, 11) is 1.25. The van der Waals surface area contributed by atoms with E-state index < -0.39 is 11.5 Å². The molecule has 2 rings (SSSR count). The van der Waals surface area contributed by atoms with E-state index in [4.69, 9.17) is 0 Å². The summed E-state index contributed by atoms with van der Waals surface area (Å²) in [6, 6.07) is 12.7. The molecule has 23 heavy (non-hydrogen) atoms. The van der Waals surface area contributed by atoms with Gasteiger partial charge in [-0.1, -0.05) is 30.3 Å². The Bertz CT molecular complexity index is 738. The van der Waals surface area contributed by atoms with Crippen LogP contribution < -0.4 is 10.9 Å². The number of carbonyl (C=O) groups excluding carboxylic acids is 2. The molecule has 0 aliphatic rings. The third-order valence-electron chi connectivity index (χ3n) is 3.30. The molecule has 0 radical (unpaired) electrons. The van der Waals surface area contributed by atoms with Crippen LogP contribution in [0.4, 0.5) is 5.69 Å². The minimum atomic E-state index is -0.528. The maximum atomic E-state index is 12.2. The number of amides is 1. The van der Waals surface area contributed by atoms with E-state index in [1.807, 2.05) is 30.3 Å². The van der Waals surface area contributed by atoms with Crippen LogP contribution in [0.2, 0.25) is 0 Å². The average molecular weight is 314 g/mol. The van der Waals surface area contributed by atoms with Crippen molar-refractivity contribution in [3.63, 3.8) is 0 Å². The molecule has 6 heteroatoms. The van der Waals surface area contributed by atoms with E-state index in [9.17, 15) is 14.4 Å². The molecule has 1 N–H and O–H groups in total. The Morgan fingerprint density at radius 3 is 2.57 bits per heavy atom. The predicted molar refractivity (Wildman–Crippen MR) is 86.1 cm³/mol. The molecule has 6 nitrogen and oxygen atoms in total. The number of nitrogens with one attached hydrogen (secondary N) is 1. The Morgan fingerprint density at radius 1 is 1.13 bits per heavy atom. The molecular weight excluding hydrogens is 296 g/mol. The van der Waals surface area contributed by atoms with Crippen LogP contribution in [0.5, 0.6) is 0 Å². The van der Waals surface area contributed by atoms with Crippen LogP contribution in [-0.2, 0) is 27.3 Å². The molecule has 1 heterocycles. The number of anilines is 1. The largest absolute Gasteiger partial charge is 0.468 e. The quantitative estimate of drug-likeness (QED) is 0.822. The second-order valence-corrected chi connectivity index (χ2v) is 4.96. The highest BCUT2D eigenvalue weighted by atomic mass is 16.5. The van der Waals surface area contributed by atoms with Gasteiger partial charge < -0.3 is 14.6 Å². The first-order valence-electron chi connectivity index (χ1n) is 7.20. The fourth-order valence-corrected chi connectivity index (χ4v) is 2.08. The van der Waals surface area contributed by atoms with Crippen molar-refractivity contribution in [3.05, 3.63) is 64.6 Å². The fourth-order valence-electron chi connectivity index (χ4n) is 2.08. The molecule has 0 bridgehead atoms. The maximum absolute atomic E-state index is 12.2. The number of methoxy groups -OCH3 is 1. The van der Waals surface area contributed by atoms with Crippen LogP contribution in [0.3, 0.4) is 0 Å². The van der Waals surface area contributed by atoms with E-state index in [0.717, 1.165) is 5.56 Å². The van der Waals surface area contributed by atoms with Crippen LogP contribution in [0.15, 0.2) is 53.5 Å². The Balaban J connectivity index is 1.99. The molecule has 120 valence electrons. The van der Waals surface area contributed by atoms with Crippen LogP contribution in [-0.4, -0.2) is 23.6 Å². The van der Waals surface area contributed by atoms with E-state index in [-0.39, 0.29) is 24.6 Å². The van der Waals surface area contributed by atoms with Crippen LogP contribution in [0.25, 0.3) is 0 Å². The molecule has 1 aromatic carbocycles. The van der Waals surface area contributed by atoms with Gasteiger partial charge in [-0.3, -0.25) is 14.4 Å². The molecule has 0 aliphatic carbocycles. The fraction of sp³-hybridized carbons (Fsp3) is 0.235. The van der Waals surface area contributed by atoms with E-state index in [1.165, 1.54) is 23.9 Å². The summed E-state index contributed by atoms with van der Waals surface area (Å²) in [5, 5.41) is 2.59. The van der Waals surface area contributed by atoms with Gasteiger partial charge in [0.05, 0.1) is 7.11 Å². The van der Waals surface area contributed by atoms with Gasteiger partial charge in [-0.15, -0.1) is 0 Å². The maximum Gasteiger partial charge on any atom is 0.325 e. The van der Waals surface area contributed by atoms with E-state index >= 15 is 0 Å². The van der Waals surface area contributed by atoms with Gasteiger partial charge in [-0.05, 0) is 24.1 Å². The van der Waals surface area contributed by atoms with E-state index in [1.54, 1.807) is 6.07 Å². The Labute approximate surface area is 133 Å². The summed E-state index contributed by atoms with van der Waals surface area (Å²) < 4.78 is 5.72. The van der Waals surface area contributed by atoms with Crippen molar-refractivity contribution in [2.24, 2.45) is 0 Å². The summed E-state index contributed by atoms with van der Waals surface area (Å²) in [6.07, 6.45) is 2.34. The SMILES string of the molecule is COC(=O)Cn1cccc(NC(=O)CCc2ccccc2)c1=O. The molecule has 0 spiro atoms. The normalized spacial score (nSPS) is 10.1. The molecule has 1 aromatic heterocycles. The molecular formula is C17H18N2O4. The highest BCUT2D eigenvalue weighted by molar-refractivity contribution is 5.90. The number of hydrogen-bond acceptors (Lipinski definition) is 4. The monoisotopic (exact) mass is 314 g/mol. The van der Waals surface area contributed by atoms with Gasteiger partial charge in [0.15, 0.2) is 0 Å². The number of ether oxygens (including phenoxy) is 1. The highest BCUT2D eigenvalue weighted by Gasteiger charge is 2.10. The highest BCUT2D eigenvalue weighted by Crippen LogP contribution is 2.05. The number of carbonyl (C=O) groups is 2. The molecule has 0 atom stereocenters. The van der Waals surface area contributed by atoms with Crippen molar-refractivity contribution >= 4 is 17.6 Å². The van der Waals surface area contributed by atoms with Crippen molar-refractivity contribution in [1.29, 1.82) is 0 Å². The second kappa shape index (κ2) is 7.93. The minimum Gasteiger partial charge on any atom is -0.468 e. The van der Waals surface area contributed by atoms with Crippen molar-refractivity contribution in [1.82, 2.24) is 4.57 Å².